The molecule has 0 bridgehead atoms. The molecule has 0 N–H and O–H groups in total. The summed E-state index contributed by atoms with van der Waals surface area (Å²) in [5, 5.41) is -0.202. The van der Waals surface area contributed by atoms with E-state index in [1.54, 1.807) is 11.8 Å². The Hall–Kier alpha value is -2.53. The molecule has 1 aliphatic heterocycles. The first kappa shape index (κ1) is 19.2. The van der Waals surface area contributed by atoms with Crippen molar-refractivity contribution in [1.82, 2.24) is 4.90 Å². The summed E-state index contributed by atoms with van der Waals surface area (Å²) in [5.41, 5.74) is 2.00. The first-order valence-corrected chi connectivity index (χ1v) is 9.93. The third-order valence-electron chi connectivity index (χ3n) is 4.31. The molecule has 1 atom stereocenters. The van der Waals surface area contributed by atoms with Gasteiger partial charge in [0.1, 0.15) is 10.9 Å². The Labute approximate surface area is 164 Å². The van der Waals surface area contributed by atoms with Crippen molar-refractivity contribution in [3.63, 3.8) is 0 Å². The molecule has 0 saturated heterocycles. The van der Waals surface area contributed by atoms with Crippen LogP contribution in [0.3, 0.4) is 0 Å². The van der Waals surface area contributed by atoms with Crippen molar-refractivity contribution in [2.45, 2.75) is 32.2 Å². The van der Waals surface area contributed by atoms with Crippen molar-refractivity contribution in [3.8, 4) is 0 Å². The van der Waals surface area contributed by atoms with E-state index in [-0.39, 0.29) is 29.5 Å². The highest BCUT2D eigenvalue weighted by Gasteiger charge is 2.41. The molecular formula is C22H23NO3S. The molecule has 1 aliphatic rings. The Kier molecular flexibility index (Phi) is 6.01. The first-order chi connectivity index (χ1) is 13.0. The SMILES string of the molecule is CCOC(=O)C1=C(c2ccccc2)SC(c2ccccc2)N(C(C)C)C1=O. The van der Waals surface area contributed by atoms with E-state index < -0.39 is 5.97 Å². The minimum atomic E-state index is -0.564. The molecule has 1 heterocycles. The summed E-state index contributed by atoms with van der Waals surface area (Å²) in [6, 6.07) is 19.4. The Bertz CT molecular complexity index is 846. The van der Waals surface area contributed by atoms with Gasteiger partial charge in [-0.3, -0.25) is 4.79 Å². The Balaban J connectivity index is 2.17. The molecule has 0 spiro atoms. The number of hydrogen-bond acceptors (Lipinski definition) is 4. The van der Waals surface area contributed by atoms with E-state index in [4.69, 9.17) is 4.74 Å². The average Bonchev–Trinajstić information content (AvgIpc) is 2.68. The molecule has 5 heteroatoms. The molecule has 2 aromatic carbocycles. The predicted octanol–water partition coefficient (Wildman–Crippen LogP) is 4.64. The number of carbonyl (C=O) groups excluding carboxylic acids is 2. The number of carbonyl (C=O) groups is 2. The molecule has 0 saturated carbocycles. The van der Waals surface area contributed by atoms with Gasteiger partial charge in [-0.25, -0.2) is 4.79 Å². The van der Waals surface area contributed by atoms with Crippen LogP contribution in [0.4, 0.5) is 0 Å². The summed E-state index contributed by atoms with van der Waals surface area (Å²) in [7, 11) is 0. The lowest BCUT2D eigenvalue weighted by Crippen LogP contribution is -2.44. The number of benzene rings is 2. The largest absolute Gasteiger partial charge is 0.462 e. The van der Waals surface area contributed by atoms with Crippen molar-refractivity contribution in [2.24, 2.45) is 0 Å². The molecule has 0 fully saturated rings. The average molecular weight is 381 g/mol. The van der Waals surface area contributed by atoms with Crippen molar-refractivity contribution >= 4 is 28.5 Å². The summed E-state index contributed by atoms with van der Waals surface area (Å²) in [5.74, 6) is -0.846. The summed E-state index contributed by atoms with van der Waals surface area (Å²) < 4.78 is 5.21. The highest BCUT2D eigenvalue weighted by molar-refractivity contribution is 8.08. The minimum Gasteiger partial charge on any atom is -0.462 e. The Morgan fingerprint density at radius 1 is 1.07 bits per heavy atom. The highest BCUT2D eigenvalue weighted by Crippen LogP contribution is 2.49. The molecule has 0 radical (unpaired) electrons. The molecular weight excluding hydrogens is 358 g/mol. The standard InChI is InChI=1S/C22H23NO3S/c1-4-26-22(25)18-19(16-11-7-5-8-12-16)27-21(17-13-9-6-10-14-17)23(15(2)3)20(18)24/h5-15,21H,4H2,1-3H3. The molecule has 1 amide bonds. The second-order valence-electron chi connectivity index (χ2n) is 6.48. The van der Waals surface area contributed by atoms with Crippen LogP contribution in [-0.4, -0.2) is 29.4 Å². The van der Waals surface area contributed by atoms with Crippen LogP contribution in [0, 0.1) is 0 Å². The van der Waals surface area contributed by atoms with Crippen LogP contribution in [0.2, 0.25) is 0 Å². The van der Waals surface area contributed by atoms with Crippen LogP contribution in [0.15, 0.2) is 66.2 Å². The topological polar surface area (TPSA) is 46.6 Å². The van der Waals surface area contributed by atoms with Crippen LogP contribution in [-0.2, 0) is 14.3 Å². The van der Waals surface area contributed by atoms with Crippen LogP contribution in [0.25, 0.3) is 4.91 Å². The summed E-state index contributed by atoms with van der Waals surface area (Å²) >= 11 is 1.52. The second-order valence-corrected chi connectivity index (χ2v) is 7.57. The summed E-state index contributed by atoms with van der Waals surface area (Å²) in [6.07, 6.45) is 0. The monoisotopic (exact) mass is 381 g/mol. The van der Waals surface area contributed by atoms with Gasteiger partial charge in [0.05, 0.1) is 6.61 Å². The van der Waals surface area contributed by atoms with Gasteiger partial charge < -0.3 is 9.64 Å². The van der Waals surface area contributed by atoms with Crippen molar-refractivity contribution in [1.29, 1.82) is 0 Å². The van der Waals surface area contributed by atoms with E-state index in [1.165, 1.54) is 11.8 Å². The van der Waals surface area contributed by atoms with Crippen LogP contribution in [0.1, 0.15) is 37.3 Å². The lowest BCUT2D eigenvalue weighted by atomic mass is 10.1. The Morgan fingerprint density at radius 3 is 2.22 bits per heavy atom. The van der Waals surface area contributed by atoms with Crippen molar-refractivity contribution in [2.75, 3.05) is 6.61 Å². The zero-order chi connectivity index (χ0) is 19.4. The number of amides is 1. The third kappa shape index (κ3) is 3.93. The van der Waals surface area contributed by atoms with Crippen LogP contribution >= 0.6 is 11.8 Å². The van der Waals surface area contributed by atoms with Gasteiger partial charge in [0.2, 0.25) is 0 Å². The fraction of sp³-hybridized carbons (Fsp3) is 0.273. The number of nitrogens with zero attached hydrogens (tertiary/aromatic N) is 1. The van der Waals surface area contributed by atoms with Gasteiger partial charge >= 0.3 is 5.97 Å². The summed E-state index contributed by atoms with van der Waals surface area (Å²) in [4.78, 5) is 28.5. The van der Waals surface area contributed by atoms with E-state index in [2.05, 4.69) is 0 Å². The normalized spacial score (nSPS) is 17.4. The van der Waals surface area contributed by atoms with E-state index in [0.29, 0.717) is 4.91 Å². The molecule has 140 valence electrons. The lowest BCUT2D eigenvalue weighted by molar-refractivity contribution is -0.142. The highest BCUT2D eigenvalue weighted by atomic mass is 32.2. The number of rotatable bonds is 5. The van der Waals surface area contributed by atoms with Gasteiger partial charge in [-0.15, -0.1) is 0 Å². The molecule has 0 aromatic heterocycles. The molecule has 0 aliphatic carbocycles. The number of thioether (sulfide) groups is 1. The zero-order valence-electron chi connectivity index (χ0n) is 15.7. The van der Waals surface area contributed by atoms with Gasteiger partial charge in [-0.05, 0) is 31.9 Å². The van der Waals surface area contributed by atoms with Gasteiger partial charge in [0.15, 0.2) is 0 Å². The molecule has 4 nitrogen and oxygen atoms in total. The zero-order valence-corrected chi connectivity index (χ0v) is 16.5. The smallest absolute Gasteiger partial charge is 0.344 e. The van der Waals surface area contributed by atoms with Crippen molar-refractivity contribution in [3.05, 3.63) is 77.4 Å². The predicted molar refractivity (Wildman–Crippen MR) is 109 cm³/mol. The van der Waals surface area contributed by atoms with Crippen molar-refractivity contribution < 1.29 is 14.3 Å². The number of ether oxygens (including phenoxy) is 1. The van der Waals surface area contributed by atoms with Gasteiger partial charge in [-0.1, -0.05) is 72.4 Å². The van der Waals surface area contributed by atoms with Gasteiger partial charge in [-0.2, -0.15) is 0 Å². The first-order valence-electron chi connectivity index (χ1n) is 9.05. The van der Waals surface area contributed by atoms with Gasteiger partial charge in [0.25, 0.3) is 5.91 Å². The molecule has 27 heavy (non-hydrogen) atoms. The maximum Gasteiger partial charge on any atom is 0.344 e. The van der Waals surface area contributed by atoms with E-state index >= 15 is 0 Å². The quantitative estimate of drug-likeness (QED) is 0.559. The minimum absolute atomic E-state index is 0.0584. The summed E-state index contributed by atoms with van der Waals surface area (Å²) in [6.45, 7) is 5.90. The molecule has 1 unspecified atom stereocenters. The molecule has 2 aromatic rings. The van der Waals surface area contributed by atoms with Crippen LogP contribution < -0.4 is 0 Å². The maximum absolute atomic E-state index is 13.4. The fourth-order valence-electron chi connectivity index (χ4n) is 3.10. The Morgan fingerprint density at radius 2 is 1.67 bits per heavy atom. The second kappa shape index (κ2) is 8.44. The van der Waals surface area contributed by atoms with E-state index in [0.717, 1.165) is 11.1 Å². The maximum atomic E-state index is 13.4. The number of esters is 1. The lowest BCUT2D eigenvalue weighted by Gasteiger charge is -2.39. The third-order valence-corrected chi connectivity index (χ3v) is 5.71. The van der Waals surface area contributed by atoms with Gasteiger partial charge in [0, 0.05) is 10.9 Å². The molecule has 3 rings (SSSR count). The number of hydrogen-bond donors (Lipinski definition) is 0. The van der Waals surface area contributed by atoms with Crippen LogP contribution in [0.5, 0.6) is 0 Å². The fourth-order valence-corrected chi connectivity index (χ4v) is 4.63. The van der Waals surface area contributed by atoms with E-state index in [9.17, 15) is 9.59 Å². The van der Waals surface area contributed by atoms with E-state index in [1.807, 2.05) is 74.5 Å².